The van der Waals surface area contributed by atoms with Gasteiger partial charge in [-0.2, -0.15) is 5.21 Å². The second-order valence-electron chi connectivity index (χ2n) is 5.74. The first-order valence-corrected chi connectivity index (χ1v) is 6.95. The van der Waals surface area contributed by atoms with Gasteiger partial charge in [-0.05, 0) is 26.9 Å². The first-order valence-electron chi connectivity index (χ1n) is 6.95. The smallest absolute Gasteiger partial charge is 0.180 e. The Bertz CT molecular complexity index is 515. The van der Waals surface area contributed by atoms with Crippen molar-refractivity contribution >= 4 is 0 Å². The minimum atomic E-state index is -0.0819. The number of H-pyrrole nitrogens is 1. The van der Waals surface area contributed by atoms with Crippen LogP contribution in [0.4, 0.5) is 0 Å². The number of hydrogen-bond donors (Lipinski definition) is 1. The number of imidazole rings is 1. The first-order chi connectivity index (χ1) is 9.53. The van der Waals surface area contributed by atoms with Gasteiger partial charge in [0, 0.05) is 24.4 Å². The molecular weight excluding hydrogens is 254 g/mol. The molecule has 7 heteroatoms. The molecule has 0 fully saturated rings. The fraction of sp³-hybridized carbons (Fsp3) is 0.692. The molecule has 2 rings (SSSR count). The van der Waals surface area contributed by atoms with Gasteiger partial charge in [0.05, 0.1) is 6.54 Å². The zero-order valence-electron chi connectivity index (χ0n) is 12.7. The van der Waals surface area contributed by atoms with Crippen LogP contribution in [0.1, 0.15) is 38.8 Å². The van der Waals surface area contributed by atoms with Crippen LogP contribution in [0.5, 0.6) is 0 Å². The maximum atomic E-state index is 4.40. The van der Waals surface area contributed by atoms with Crippen molar-refractivity contribution < 1.29 is 0 Å². The normalized spacial score (nSPS) is 12.2. The summed E-state index contributed by atoms with van der Waals surface area (Å²) in [4.78, 5) is 6.68. The van der Waals surface area contributed by atoms with Crippen LogP contribution >= 0.6 is 0 Å². The molecule has 0 amide bonds. The van der Waals surface area contributed by atoms with Crippen LogP contribution in [0.2, 0.25) is 0 Å². The summed E-state index contributed by atoms with van der Waals surface area (Å²) in [6.07, 6.45) is 4.85. The van der Waals surface area contributed by atoms with Crippen LogP contribution in [0.3, 0.4) is 0 Å². The van der Waals surface area contributed by atoms with Gasteiger partial charge < -0.3 is 4.57 Å². The average Bonchev–Trinajstić information content (AvgIpc) is 3.07. The number of aryl methyl sites for hydroxylation is 1. The highest BCUT2D eigenvalue weighted by molar-refractivity contribution is 4.99. The third-order valence-corrected chi connectivity index (χ3v) is 3.62. The highest BCUT2D eigenvalue weighted by Crippen LogP contribution is 2.23. The molecule has 0 unspecified atom stereocenters. The van der Waals surface area contributed by atoms with E-state index in [9.17, 15) is 0 Å². The number of aromatic nitrogens is 6. The zero-order chi connectivity index (χ0) is 14.6. The Balaban J connectivity index is 1.88. The van der Waals surface area contributed by atoms with Gasteiger partial charge in [-0.25, -0.2) is 4.98 Å². The quantitative estimate of drug-likeness (QED) is 0.823. The summed E-state index contributed by atoms with van der Waals surface area (Å²) in [5.74, 6) is 1.87. The number of nitrogens with zero attached hydrogens (tertiary/aromatic N) is 6. The third kappa shape index (κ3) is 3.41. The summed E-state index contributed by atoms with van der Waals surface area (Å²) in [6, 6.07) is 0. The van der Waals surface area contributed by atoms with Gasteiger partial charge in [0.2, 0.25) is 0 Å². The Labute approximate surface area is 119 Å². The van der Waals surface area contributed by atoms with Crippen molar-refractivity contribution in [3.8, 4) is 0 Å². The Morgan fingerprint density at radius 2 is 2.20 bits per heavy atom. The van der Waals surface area contributed by atoms with E-state index in [0.717, 1.165) is 37.7 Å². The average molecular weight is 277 g/mol. The van der Waals surface area contributed by atoms with Crippen molar-refractivity contribution in [1.82, 2.24) is 35.1 Å². The largest absolute Gasteiger partial charge is 0.334 e. The first kappa shape index (κ1) is 14.6. The molecule has 0 bridgehead atoms. The lowest BCUT2D eigenvalue weighted by atomic mass is 9.88. The predicted octanol–water partition coefficient (Wildman–Crippen LogP) is 1.22. The van der Waals surface area contributed by atoms with Crippen LogP contribution in [-0.2, 0) is 18.5 Å². The van der Waals surface area contributed by atoms with Gasteiger partial charge in [-0.15, -0.1) is 10.2 Å². The molecule has 0 saturated carbocycles. The van der Waals surface area contributed by atoms with E-state index in [0.29, 0.717) is 0 Å². The van der Waals surface area contributed by atoms with E-state index in [1.807, 2.05) is 12.4 Å². The van der Waals surface area contributed by atoms with Crippen LogP contribution in [0, 0.1) is 0 Å². The fourth-order valence-electron chi connectivity index (χ4n) is 2.13. The summed E-state index contributed by atoms with van der Waals surface area (Å²) < 4.78 is 2.17. The van der Waals surface area contributed by atoms with Crippen molar-refractivity contribution in [2.75, 3.05) is 13.6 Å². The molecule has 2 aromatic heterocycles. The number of aromatic amines is 1. The third-order valence-electron chi connectivity index (χ3n) is 3.62. The minimum absolute atomic E-state index is 0.0819. The van der Waals surface area contributed by atoms with Crippen LogP contribution < -0.4 is 0 Å². The van der Waals surface area contributed by atoms with Crippen molar-refractivity contribution in [2.45, 2.75) is 45.7 Å². The van der Waals surface area contributed by atoms with Gasteiger partial charge in [0.25, 0.3) is 0 Å². The molecule has 1 N–H and O–H groups in total. The summed E-state index contributed by atoms with van der Waals surface area (Å²) >= 11 is 0. The van der Waals surface area contributed by atoms with E-state index >= 15 is 0 Å². The van der Waals surface area contributed by atoms with E-state index < -0.39 is 0 Å². The Hall–Kier alpha value is -1.76. The molecule has 0 aliphatic carbocycles. The van der Waals surface area contributed by atoms with E-state index in [1.165, 1.54) is 0 Å². The van der Waals surface area contributed by atoms with E-state index in [4.69, 9.17) is 0 Å². The van der Waals surface area contributed by atoms with E-state index in [-0.39, 0.29) is 5.41 Å². The molecule has 20 heavy (non-hydrogen) atoms. The van der Waals surface area contributed by atoms with E-state index in [2.05, 4.69) is 62.9 Å². The number of hydrogen-bond acceptors (Lipinski definition) is 5. The molecule has 0 aliphatic rings. The lowest BCUT2D eigenvalue weighted by Gasteiger charge is -2.24. The fourth-order valence-corrected chi connectivity index (χ4v) is 2.13. The summed E-state index contributed by atoms with van der Waals surface area (Å²) in [5, 5.41) is 14.3. The van der Waals surface area contributed by atoms with E-state index in [1.54, 1.807) is 0 Å². The molecule has 0 atom stereocenters. The predicted molar refractivity (Wildman–Crippen MR) is 76.1 cm³/mol. The highest BCUT2D eigenvalue weighted by atomic mass is 15.5. The number of rotatable bonds is 7. The van der Waals surface area contributed by atoms with Crippen LogP contribution in [-0.4, -0.2) is 48.7 Å². The molecule has 110 valence electrons. The van der Waals surface area contributed by atoms with Gasteiger partial charge in [0.1, 0.15) is 5.82 Å². The lowest BCUT2D eigenvalue weighted by Crippen LogP contribution is -2.28. The molecule has 2 heterocycles. The van der Waals surface area contributed by atoms with Crippen LogP contribution in [0.15, 0.2) is 12.4 Å². The SMILES string of the molecule is CCn1ccnc1CN(C)CCC(C)(C)c1nn[nH]n1. The molecule has 0 aromatic carbocycles. The summed E-state index contributed by atoms with van der Waals surface area (Å²) in [5.41, 5.74) is -0.0819. The van der Waals surface area contributed by atoms with Crippen molar-refractivity contribution in [3.05, 3.63) is 24.0 Å². The molecule has 0 radical (unpaired) electrons. The van der Waals surface area contributed by atoms with Crippen molar-refractivity contribution in [3.63, 3.8) is 0 Å². The second-order valence-corrected chi connectivity index (χ2v) is 5.74. The van der Waals surface area contributed by atoms with Gasteiger partial charge >= 0.3 is 0 Å². The maximum Gasteiger partial charge on any atom is 0.180 e. The molecule has 0 saturated heterocycles. The molecule has 2 aromatic rings. The zero-order valence-corrected chi connectivity index (χ0v) is 12.7. The topological polar surface area (TPSA) is 75.5 Å². The van der Waals surface area contributed by atoms with Gasteiger partial charge in [-0.1, -0.05) is 19.1 Å². The van der Waals surface area contributed by atoms with Gasteiger partial charge in [-0.3, -0.25) is 4.90 Å². The Kier molecular flexibility index (Phi) is 4.49. The number of nitrogens with one attached hydrogen (secondary N) is 1. The second kappa shape index (κ2) is 6.13. The maximum absolute atomic E-state index is 4.40. The Morgan fingerprint density at radius 1 is 1.40 bits per heavy atom. The lowest BCUT2D eigenvalue weighted by molar-refractivity contribution is 0.274. The highest BCUT2D eigenvalue weighted by Gasteiger charge is 2.25. The minimum Gasteiger partial charge on any atom is -0.334 e. The number of tetrazole rings is 1. The standard InChI is InChI=1S/C13H23N7/c1-5-20-9-7-14-11(20)10-19(4)8-6-13(2,3)12-15-17-18-16-12/h7,9H,5-6,8,10H2,1-4H3,(H,15,16,17,18). The molecular formula is C13H23N7. The molecule has 0 spiro atoms. The van der Waals surface area contributed by atoms with Crippen LogP contribution in [0.25, 0.3) is 0 Å². The van der Waals surface area contributed by atoms with Crippen molar-refractivity contribution in [2.24, 2.45) is 0 Å². The molecule has 0 aliphatic heterocycles. The van der Waals surface area contributed by atoms with Gasteiger partial charge in [0.15, 0.2) is 5.82 Å². The summed E-state index contributed by atoms with van der Waals surface area (Å²) in [7, 11) is 2.11. The summed E-state index contributed by atoms with van der Waals surface area (Å²) in [6.45, 7) is 9.17. The molecule has 7 nitrogen and oxygen atoms in total. The monoisotopic (exact) mass is 277 g/mol. The van der Waals surface area contributed by atoms with Crippen molar-refractivity contribution in [1.29, 1.82) is 0 Å². The Morgan fingerprint density at radius 3 is 2.85 bits per heavy atom.